The van der Waals surface area contributed by atoms with Gasteiger partial charge in [0, 0.05) is 43.3 Å². The minimum Gasteiger partial charge on any atom is -0.307 e. The predicted octanol–water partition coefficient (Wildman–Crippen LogP) is 13.0. The molecule has 250 valence electrons. The maximum atomic E-state index is 5.38. The van der Waals surface area contributed by atoms with Gasteiger partial charge in [0.15, 0.2) is 0 Å². The smallest absolute Gasteiger partial charge is 0.235 e. The molecule has 0 aliphatic heterocycles. The van der Waals surface area contributed by atoms with Gasteiger partial charge in [-0.15, -0.1) is 0 Å². The van der Waals surface area contributed by atoms with Crippen LogP contribution in [0.15, 0.2) is 182 Å². The van der Waals surface area contributed by atoms with E-state index in [9.17, 15) is 0 Å². The fourth-order valence-electron chi connectivity index (χ4n) is 9.06. The molecule has 4 heterocycles. The Labute approximate surface area is 309 Å². The van der Waals surface area contributed by atoms with Crippen LogP contribution in [0.3, 0.4) is 0 Å². The first-order valence-electron chi connectivity index (χ1n) is 18.4. The molecule has 0 amide bonds. The summed E-state index contributed by atoms with van der Waals surface area (Å²) in [5.74, 6) is 0.655. The number of hydrogen-bond donors (Lipinski definition) is 0. The highest BCUT2D eigenvalue weighted by molar-refractivity contribution is 6.30. The van der Waals surface area contributed by atoms with Crippen LogP contribution in [0.1, 0.15) is 0 Å². The van der Waals surface area contributed by atoms with Gasteiger partial charge < -0.3 is 4.40 Å². The van der Waals surface area contributed by atoms with Crippen LogP contribution in [0.5, 0.6) is 0 Å². The number of benzene rings is 8. The van der Waals surface area contributed by atoms with Crippen molar-refractivity contribution in [3.8, 4) is 17.2 Å². The first kappa shape index (κ1) is 29.3. The van der Waals surface area contributed by atoms with Crippen molar-refractivity contribution in [1.29, 1.82) is 0 Å². The summed E-state index contributed by atoms with van der Waals surface area (Å²) >= 11 is 0. The number of rotatable bonds is 2. The third kappa shape index (κ3) is 3.97. The van der Waals surface area contributed by atoms with E-state index in [-0.39, 0.29) is 0 Å². The lowest BCUT2D eigenvalue weighted by Crippen LogP contribution is -2.03. The molecular formula is C50H30N4. The maximum absolute atomic E-state index is 5.38. The molecule has 0 spiro atoms. The van der Waals surface area contributed by atoms with Crippen molar-refractivity contribution in [2.24, 2.45) is 0 Å². The first-order valence-corrected chi connectivity index (χ1v) is 18.4. The highest BCUT2D eigenvalue weighted by atomic mass is 15.2. The van der Waals surface area contributed by atoms with Crippen molar-refractivity contribution >= 4 is 92.3 Å². The minimum atomic E-state index is 0.655. The Hall–Kier alpha value is -7.30. The molecule has 0 radical (unpaired) electrons. The second kappa shape index (κ2) is 11.1. The Bertz CT molecular complexity index is 3560. The second-order valence-electron chi connectivity index (χ2n) is 14.1. The highest BCUT2D eigenvalue weighted by Gasteiger charge is 2.23. The van der Waals surface area contributed by atoms with Gasteiger partial charge in [0.2, 0.25) is 5.95 Å². The van der Waals surface area contributed by atoms with Gasteiger partial charge in [-0.2, -0.15) is 0 Å². The monoisotopic (exact) mass is 686 g/mol. The van der Waals surface area contributed by atoms with Crippen LogP contribution in [0.25, 0.3) is 110 Å². The molecule has 0 unspecified atom stereocenters. The molecule has 0 fully saturated rings. The molecule has 54 heavy (non-hydrogen) atoms. The fourth-order valence-corrected chi connectivity index (χ4v) is 9.06. The number of nitrogens with zero attached hydrogens (tertiary/aromatic N) is 4. The number of fused-ring (bicyclic) bond motifs is 15. The lowest BCUT2D eigenvalue weighted by atomic mass is 10.0. The topological polar surface area (TPSA) is 35.1 Å². The van der Waals surface area contributed by atoms with Gasteiger partial charge in [0.1, 0.15) is 0 Å². The zero-order valence-corrected chi connectivity index (χ0v) is 29.1. The number of para-hydroxylation sites is 4. The molecule has 0 aliphatic carbocycles. The average Bonchev–Trinajstić information content (AvgIpc) is 3.77. The lowest BCUT2D eigenvalue weighted by molar-refractivity contribution is 1.01. The standard InChI is InChI=1S/C50H30N4/c1-2-15-31(16-3-1)47-40-22-8-11-26-42(40)51-50(52-47)53-44-28-13-10-23-41(44)46-45(53)30-29-39-38-25-14-24-37-35-20-7-5-18-33(35)32-17-4-6-19-34(32)36-21-9-12-27-43(36)54(48(37)38)49(39)46/h1-30H. The van der Waals surface area contributed by atoms with Crippen LogP contribution in [0.2, 0.25) is 0 Å². The summed E-state index contributed by atoms with van der Waals surface area (Å²) in [4.78, 5) is 10.6. The van der Waals surface area contributed by atoms with E-state index in [0.29, 0.717) is 5.95 Å². The van der Waals surface area contributed by atoms with E-state index in [2.05, 4.69) is 185 Å². The molecule has 0 N–H and O–H groups in total. The summed E-state index contributed by atoms with van der Waals surface area (Å²) in [7, 11) is 0. The molecule has 4 nitrogen and oxygen atoms in total. The molecule has 12 rings (SSSR count). The molecule has 0 atom stereocenters. The molecule has 8 aromatic carbocycles. The van der Waals surface area contributed by atoms with Gasteiger partial charge in [-0.3, -0.25) is 4.57 Å². The van der Waals surface area contributed by atoms with Crippen LogP contribution in [-0.2, 0) is 0 Å². The Morgan fingerprint density at radius 3 is 1.57 bits per heavy atom. The lowest BCUT2D eigenvalue weighted by Gasteiger charge is -2.11. The Kier molecular flexibility index (Phi) is 6.02. The zero-order chi connectivity index (χ0) is 35.3. The van der Waals surface area contributed by atoms with Crippen molar-refractivity contribution < 1.29 is 0 Å². The third-order valence-corrected chi connectivity index (χ3v) is 11.3. The molecule has 12 aromatic rings. The first-order chi connectivity index (χ1) is 26.8. The molecule has 4 aromatic heterocycles. The van der Waals surface area contributed by atoms with E-state index in [1.54, 1.807) is 0 Å². The van der Waals surface area contributed by atoms with Crippen LogP contribution in [0.4, 0.5) is 0 Å². The largest absolute Gasteiger partial charge is 0.307 e. The predicted molar refractivity (Wildman–Crippen MR) is 227 cm³/mol. The van der Waals surface area contributed by atoms with E-state index in [1.165, 1.54) is 59.5 Å². The zero-order valence-electron chi connectivity index (χ0n) is 29.1. The molecular weight excluding hydrogens is 657 g/mol. The summed E-state index contributed by atoms with van der Waals surface area (Å²) in [6.07, 6.45) is 0. The van der Waals surface area contributed by atoms with E-state index < -0.39 is 0 Å². The Balaban J connectivity index is 1.35. The normalized spacial score (nSPS) is 12.1. The molecule has 4 heteroatoms. The number of aromatic nitrogens is 4. The number of hydrogen-bond acceptors (Lipinski definition) is 2. The van der Waals surface area contributed by atoms with E-state index in [1.807, 2.05) is 6.07 Å². The van der Waals surface area contributed by atoms with Crippen molar-refractivity contribution in [2.75, 3.05) is 0 Å². The van der Waals surface area contributed by atoms with Gasteiger partial charge >= 0.3 is 0 Å². The average molecular weight is 687 g/mol. The van der Waals surface area contributed by atoms with Gasteiger partial charge in [0.25, 0.3) is 0 Å². The second-order valence-corrected chi connectivity index (χ2v) is 14.1. The minimum absolute atomic E-state index is 0.655. The Morgan fingerprint density at radius 1 is 0.315 bits per heavy atom. The van der Waals surface area contributed by atoms with Gasteiger partial charge in [-0.05, 0) is 45.8 Å². The Morgan fingerprint density at radius 2 is 0.833 bits per heavy atom. The molecule has 0 saturated heterocycles. The van der Waals surface area contributed by atoms with Crippen LogP contribution >= 0.6 is 0 Å². The summed E-state index contributed by atoms with van der Waals surface area (Å²) in [5, 5.41) is 13.1. The quantitative estimate of drug-likeness (QED) is 0.181. The fraction of sp³-hybridized carbons (Fsp3) is 0. The summed E-state index contributed by atoms with van der Waals surface area (Å²) in [6, 6.07) is 65.5. The highest BCUT2D eigenvalue weighted by Crippen LogP contribution is 2.44. The van der Waals surface area contributed by atoms with Crippen molar-refractivity contribution in [2.45, 2.75) is 0 Å². The summed E-state index contributed by atoms with van der Waals surface area (Å²) < 4.78 is 4.81. The molecule has 0 aliphatic rings. The van der Waals surface area contributed by atoms with E-state index >= 15 is 0 Å². The van der Waals surface area contributed by atoms with Crippen molar-refractivity contribution in [1.82, 2.24) is 18.9 Å². The molecule has 0 bridgehead atoms. The van der Waals surface area contributed by atoms with E-state index in [4.69, 9.17) is 9.97 Å². The maximum Gasteiger partial charge on any atom is 0.235 e. The van der Waals surface area contributed by atoms with Crippen LogP contribution in [0, 0.1) is 0 Å². The van der Waals surface area contributed by atoms with Crippen LogP contribution in [-0.4, -0.2) is 18.9 Å². The van der Waals surface area contributed by atoms with Crippen LogP contribution < -0.4 is 0 Å². The SMILES string of the molecule is c1ccc(-c2nc(-n3c4ccccc4c4c3ccc3c5cccc6c7ccccc7c7ccccc7c7ccccc7n(c65)c34)nc3ccccc23)cc1. The third-order valence-electron chi connectivity index (χ3n) is 11.3. The van der Waals surface area contributed by atoms with Gasteiger partial charge in [-0.1, -0.05) is 158 Å². The molecule has 0 saturated carbocycles. The van der Waals surface area contributed by atoms with E-state index in [0.717, 1.165) is 44.1 Å². The van der Waals surface area contributed by atoms with Gasteiger partial charge in [0.05, 0.1) is 38.8 Å². The summed E-state index contributed by atoms with van der Waals surface area (Å²) in [6.45, 7) is 0. The van der Waals surface area contributed by atoms with Crippen molar-refractivity contribution in [3.63, 3.8) is 0 Å². The summed E-state index contributed by atoms with van der Waals surface area (Å²) in [5.41, 5.74) is 8.58. The van der Waals surface area contributed by atoms with Crippen molar-refractivity contribution in [3.05, 3.63) is 182 Å². The van der Waals surface area contributed by atoms with Gasteiger partial charge in [-0.25, -0.2) is 9.97 Å².